The van der Waals surface area contributed by atoms with Gasteiger partial charge in [-0.2, -0.15) is 0 Å². The third-order valence-corrected chi connectivity index (χ3v) is 5.10. The second kappa shape index (κ2) is 5.31. The number of benzene rings is 2. The Morgan fingerprint density at radius 3 is 2.56 bits per heavy atom. The van der Waals surface area contributed by atoms with E-state index in [2.05, 4.69) is 26.0 Å². The van der Waals surface area contributed by atoms with E-state index < -0.39 is 6.09 Å². The molecule has 0 aliphatic heterocycles. The van der Waals surface area contributed by atoms with Crippen LogP contribution in [0.25, 0.3) is 22.2 Å². The first kappa shape index (κ1) is 15.6. The van der Waals surface area contributed by atoms with Gasteiger partial charge < -0.3 is 14.8 Å². The number of aromatic nitrogens is 1. The van der Waals surface area contributed by atoms with Gasteiger partial charge in [0.1, 0.15) is 6.09 Å². The predicted molar refractivity (Wildman–Crippen MR) is 97.7 cm³/mol. The van der Waals surface area contributed by atoms with Crippen LogP contribution in [0.2, 0.25) is 0 Å². The van der Waals surface area contributed by atoms with E-state index in [0.717, 1.165) is 34.1 Å². The van der Waals surface area contributed by atoms with E-state index in [9.17, 15) is 9.90 Å². The molecule has 0 saturated heterocycles. The molecule has 4 nitrogen and oxygen atoms in total. The van der Waals surface area contributed by atoms with Crippen molar-refractivity contribution in [2.45, 2.75) is 25.7 Å². The summed E-state index contributed by atoms with van der Waals surface area (Å²) < 4.78 is 0. The van der Waals surface area contributed by atoms with Crippen molar-refractivity contribution in [3.05, 3.63) is 59.7 Å². The Morgan fingerprint density at radius 1 is 1.12 bits per heavy atom. The number of carbonyl (C=O) groups excluding carboxylic acids is 1. The lowest BCUT2D eigenvalue weighted by Gasteiger charge is -2.36. The van der Waals surface area contributed by atoms with Crippen LogP contribution in [0, 0.1) is 0 Å². The molecule has 1 heterocycles. The summed E-state index contributed by atoms with van der Waals surface area (Å²) in [6, 6.07) is 15.9. The van der Waals surface area contributed by atoms with Gasteiger partial charge in [-0.05, 0) is 23.5 Å². The van der Waals surface area contributed by atoms with Crippen LogP contribution in [0.5, 0.6) is 0 Å². The van der Waals surface area contributed by atoms with E-state index >= 15 is 0 Å². The number of fused-ring (bicyclic) bond motifs is 4. The van der Waals surface area contributed by atoms with Crippen molar-refractivity contribution in [1.29, 1.82) is 0 Å². The molecule has 4 rings (SSSR count). The first-order valence-electron chi connectivity index (χ1n) is 8.36. The first-order valence-corrected chi connectivity index (χ1v) is 8.36. The summed E-state index contributed by atoms with van der Waals surface area (Å²) in [5, 5.41) is 12.5. The van der Waals surface area contributed by atoms with E-state index in [0.29, 0.717) is 5.69 Å². The molecule has 126 valence electrons. The van der Waals surface area contributed by atoms with Gasteiger partial charge in [0.05, 0.1) is 16.9 Å². The van der Waals surface area contributed by atoms with E-state index in [1.165, 1.54) is 10.5 Å². The molecule has 0 N–H and O–H groups in total. The van der Waals surface area contributed by atoms with Gasteiger partial charge in [0, 0.05) is 23.6 Å². The quantitative estimate of drug-likeness (QED) is 0.685. The zero-order valence-corrected chi connectivity index (χ0v) is 14.5. The van der Waals surface area contributed by atoms with Crippen LogP contribution in [0.1, 0.15) is 25.0 Å². The van der Waals surface area contributed by atoms with Crippen molar-refractivity contribution < 1.29 is 9.90 Å². The number of nitrogens with zero attached hydrogens (tertiary/aromatic N) is 2. The molecule has 1 amide bonds. The normalized spacial score (nSPS) is 14.7. The Hall–Kier alpha value is -2.88. The lowest BCUT2D eigenvalue weighted by Crippen LogP contribution is -2.40. The third kappa shape index (κ3) is 2.29. The molecular formula is C21H19N2O2-. The minimum absolute atomic E-state index is 0.102. The second-order valence-electron chi connectivity index (χ2n) is 7.24. The van der Waals surface area contributed by atoms with Crippen molar-refractivity contribution in [1.82, 2.24) is 4.98 Å². The number of hydrogen-bond donors (Lipinski definition) is 0. The van der Waals surface area contributed by atoms with Crippen LogP contribution in [0.3, 0.4) is 0 Å². The molecule has 2 aromatic carbocycles. The summed E-state index contributed by atoms with van der Waals surface area (Å²) in [5.74, 6) is 0. The van der Waals surface area contributed by atoms with Crippen molar-refractivity contribution in [3.8, 4) is 11.3 Å². The molecule has 1 aliphatic carbocycles. The monoisotopic (exact) mass is 331 g/mol. The first-order chi connectivity index (χ1) is 11.9. The molecule has 4 heteroatoms. The largest absolute Gasteiger partial charge is 0.530 e. The Bertz CT molecular complexity index is 1010. The summed E-state index contributed by atoms with van der Waals surface area (Å²) in [6.45, 7) is 4.37. The highest BCUT2D eigenvalue weighted by atomic mass is 16.4. The molecule has 0 atom stereocenters. The third-order valence-electron chi connectivity index (χ3n) is 5.10. The lowest BCUT2D eigenvalue weighted by atomic mass is 9.71. The van der Waals surface area contributed by atoms with Crippen molar-refractivity contribution in [3.63, 3.8) is 0 Å². The van der Waals surface area contributed by atoms with Gasteiger partial charge in [-0.15, -0.1) is 0 Å². The molecule has 0 spiro atoms. The standard InChI is InChI=1S/C21H20N2O2/c1-21(2)12-15-18(13-8-4-6-10-16(13)21)22-17-11-7-5-9-14(17)19(15)23(3)20(24)25/h4-11H,12H2,1-3H3,(H,24,25)/p-1. The number of pyridine rings is 1. The van der Waals surface area contributed by atoms with Gasteiger partial charge in [-0.3, -0.25) is 0 Å². The number of amides is 1. The van der Waals surface area contributed by atoms with Gasteiger partial charge in [0.15, 0.2) is 0 Å². The van der Waals surface area contributed by atoms with E-state index in [4.69, 9.17) is 4.98 Å². The van der Waals surface area contributed by atoms with E-state index in [1.807, 2.05) is 36.4 Å². The molecule has 0 radical (unpaired) electrons. The fourth-order valence-electron chi connectivity index (χ4n) is 3.92. The van der Waals surface area contributed by atoms with Crippen LogP contribution >= 0.6 is 0 Å². The minimum atomic E-state index is -1.21. The molecule has 1 aromatic heterocycles. The Balaban J connectivity index is 2.14. The van der Waals surface area contributed by atoms with Crippen LogP contribution in [0.15, 0.2) is 48.5 Å². The summed E-state index contributed by atoms with van der Waals surface area (Å²) in [5.41, 5.74) is 5.53. The smallest absolute Gasteiger partial charge is 0.141 e. The van der Waals surface area contributed by atoms with Gasteiger partial charge >= 0.3 is 0 Å². The molecule has 1 aliphatic rings. The van der Waals surface area contributed by atoms with Gasteiger partial charge in [-0.1, -0.05) is 56.3 Å². The number of anilines is 1. The summed E-state index contributed by atoms with van der Waals surface area (Å²) in [6.07, 6.45) is -0.486. The maximum atomic E-state index is 11.6. The Labute approximate surface area is 146 Å². The highest BCUT2D eigenvalue weighted by molar-refractivity contribution is 6.03. The SMILES string of the molecule is CN(C(=O)[O-])c1c2c(nc3ccccc13)-c1ccccc1C(C)(C)C2. The summed E-state index contributed by atoms with van der Waals surface area (Å²) in [7, 11) is 1.55. The van der Waals surface area contributed by atoms with Gasteiger partial charge in [-0.25, -0.2) is 4.98 Å². The number of hydrogen-bond acceptors (Lipinski definition) is 3. The Kier molecular flexibility index (Phi) is 3.32. The summed E-state index contributed by atoms with van der Waals surface area (Å²) in [4.78, 5) is 17.7. The fourth-order valence-corrected chi connectivity index (χ4v) is 3.92. The maximum Gasteiger partial charge on any atom is 0.141 e. The zero-order valence-electron chi connectivity index (χ0n) is 14.5. The van der Waals surface area contributed by atoms with Crippen molar-refractivity contribution >= 4 is 22.7 Å². The molecule has 0 bridgehead atoms. The van der Waals surface area contributed by atoms with E-state index in [1.54, 1.807) is 7.05 Å². The molecule has 0 fully saturated rings. The number of carboxylic acid groups (broad SMARTS) is 1. The van der Waals surface area contributed by atoms with Crippen LogP contribution in [0.4, 0.5) is 10.5 Å². The van der Waals surface area contributed by atoms with Gasteiger partial charge in [0.2, 0.25) is 0 Å². The molecule has 0 unspecified atom stereocenters. The van der Waals surface area contributed by atoms with Crippen LogP contribution < -0.4 is 10.0 Å². The highest BCUT2D eigenvalue weighted by Gasteiger charge is 2.34. The molecule has 0 saturated carbocycles. The van der Waals surface area contributed by atoms with Crippen molar-refractivity contribution in [2.75, 3.05) is 11.9 Å². The second-order valence-corrected chi connectivity index (χ2v) is 7.24. The zero-order chi connectivity index (χ0) is 17.8. The number of carbonyl (C=O) groups is 1. The molecular weight excluding hydrogens is 312 g/mol. The topological polar surface area (TPSA) is 56.3 Å². The van der Waals surface area contributed by atoms with E-state index in [-0.39, 0.29) is 5.41 Å². The fraction of sp³-hybridized carbons (Fsp3) is 0.238. The van der Waals surface area contributed by atoms with Crippen LogP contribution in [-0.2, 0) is 11.8 Å². The Morgan fingerprint density at radius 2 is 1.80 bits per heavy atom. The minimum Gasteiger partial charge on any atom is -0.530 e. The number of para-hydroxylation sites is 1. The molecule has 3 aromatic rings. The van der Waals surface area contributed by atoms with Crippen molar-refractivity contribution in [2.24, 2.45) is 0 Å². The predicted octanol–water partition coefficient (Wildman–Crippen LogP) is 3.52. The molecule has 25 heavy (non-hydrogen) atoms. The highest BCUT2D eigenvalue weighted by Crippen LogP contribution is 2.47. The maximum absolute atomic E-state index is 11.6. The average molecular weight is 331 g/mol. The summed E-state index contributed by atoms with van der Waals surface area (Å²) >= 11 is 0. The number of rotatable bonds is 1. The van der Waals surface area contributed by atoms with Crippen LogP contribution in [-0.4, -0.2) is 18.1 Å². The lowest BCUT2D eigenvalue weighted by molar-refractivity contribution is -0.246. The van der Waals surface area contributed by atoms with Gasteiger partial charge in [0.25, 0.3) is 0 Å². The average Bonchev–Trinajstić information content (AvgIpc) is 2.59.